The molecule has 0 radical (unpaired) electrons. The van der Waals surface area contributed by atoms with E-state index in [2.05, 4.69) is 16.6 Å². The number of hydrogen-bond donors (Lipinski definition) is 2. The summed E-state index contributed by atoms with van der Waals surface area (Å²) in [5.74, 6) is -2.80. The van der Waals surface area contributed by atoms with Crippen molar-refractivity contribution in [1.82, 2.24) is 0 Å². The average molecular weight is 551 g/mol. The summed E-state index contributed by atoms with van der Waals surface area (Å²) in [6.07, 6.45) is -6.85. The number of fused-ring (bicyclic) bond motifs is 1. The molecule has 0 fully saturated rings. The van der Waals surface area contributed by atoms with E-state index >= 15 is 0 Å². The van der Waals surface area contributed by atoms with Gasteiger partial charge < -0.3 is 14.6 Å². The van der Waals surface area contributed by atoms with Crippen LogP contribution in [-0.4, -0.2) is 44.0 Å². The van der Waals surface area contributed by atoms with E-state index in [0.29, 0.717) is 26.0 Å². The predicted octanol–water partition coefficient (Wildman–Crippen LogP) is 5.66. The monoisotopic (exact) mass is 550 g/mol. The second-order valence-electron chi connectivity index (χ2n) is 8.66. The van der Waals surface area contributed by atoms with Crippen LogP contribution in [0.4, 0.5) is 38.1 Å². The second-order valence-corrected chi connectivity index (χ2v) is 10.5. The van der Waals surface area contributed by atoms with Gasteiger partial charge in [0.05, 0.1) is 22.9 Å². The Labute approximate surface area is 209 Å². The molecule has 0 bridgehead atoms. The number of sulfonamides is 1. The van der Waals surface area contributed by atoms with Crippen LogP contribution < -0.4 is 14.4 Å². The van der Waals surface area contributed by atoms with Gasteiger partial charge in [0.2, 0.25) is 5.60 Å². The van der Waals surface area contributed by atoms with E-state index in [1.54, 1.807) is 0 Å². The Morgan fingerprint density at radius 2 is 1.86 bits per heavy atom. The highest BCUT2D eigenvalue weighted by Gasteiger charge is 2.51. The summed E-state index contributed by atoms with van der Waals surface area (Å²) in [4.78, 5) is 11.5. The first-order valence-corrected chi connectivity index (χ1v) is 12.2. The minimum atomic E-state index is -4.85. The molecular weight excluding hydrogens is 527 g/mol. The zero-order valence-corrected chi connectivity index (χ0v) is 20.4. The van der Waals surface area contributed by atoms with Gasteiger partial charge in [0.1, 0.15) is 11.9 Å². The highest BCUT2D eigenvalue weighted by atomic mass is 32.2. The minimum Gasteiger partial charge on any atom is -0.513 e. The van der Waals surface area contributed by atoms with Crippen molar-refractivity contribution in [3.05, 3.63) is 60.4 Å². The lowest BCUT2D eigenvalue weighted by molar-refractivity contribution is -0.242. The average Bonchev–Trinajstić information content (AvgIpc) is 2.77. The fourth-order valence-electron chi connectivity index (χ4n) is 3.29. The molecule has 0 saturated carbocycles. The number of ether oxygens (including phenoxy) is 2. The largest absolute Gasteiger partial charge is 0.513 e. The van der Waals surface area contributed by atoms with Crippen molar-refractivity contribution in [1.29, 1.82) is 0 Å². The van der Waals surface area contributed by atoms with Gasteiger partial charge in [0.25, 0.3) is 10.0 Å². The molecule has 202 valence electrons. The number of halogens is 5. The molecule has 3 rings (SSSR count). The summed E-state index contributed by atoms with van der Waals surface area (Å²) in [7, 11) is -4.51. The molecule has 1 amide bonds. The molecule has 0 unspecified atom stereocenters. The van der Waals surface area contributed by atoms with Crippen molar-refractivity contribution in [2.75, 3.05) is 16.2 Å². The Kier molecular flexibility index (Phi) is 7.63. The highest BCUT2D eigenvalue weighted by Crippen LogP contribution is 2.40. The lowest BCUT2D eigenvalue weighted by atomic mass is 10.1. The highest BCUT2D eigenvalue weighted by molar-refractivity contribution is 7.92. The van der Waals surface area contributed by atoms with E-state index in [4.69, 9.17) is 4.74 Å². The smallest absolute Gasteiger partial charge is 0.427 e. The van der Waals surface area contributed by atoms with E-state index in [-0.39, 0.29) is 42.3 Å². The molecular formula is C23H23F5N2O6S. The Morgan fingerprint density at radius 3 is 2.46 bits per heavy atom. The van der Waals surface area contributed by atoms with Gasteiger partial charge in [-0.25, -0.2) is 22.0 Å². The van der Waals surface area contributed by atoms with E-state index in [1.165, 1.54) is 12.1 Å². The van der Waals surface area contributed by atoms with Gasteiger partial charge in [-0.05, 0) is 56.7 Å². The number of aliphatic hydroxyl groups excluding tert-OH is 1. The lowest BCUT2D eigenvalue weighted by Crippen LogP contribution is -2.44. The number of aliphatic hydroxyl groups is 1. The van der Waals surface area contributed by atoms with Crippen LogP contribution in [0.2, 0.25) is 0 Å². The number of rotatable bonds is 7. The molecule has 1 atom stereocenters. The van der Waals surface area contributed by atoms with Crippen LogP contribution in [0, 0.1) is 11.6 Å². The number of carbonyl (C=O) groups is 1. The first kappa shape index (κ1) is 28.0. The van der Waals surface area contributed by atoms with Gasteiger partial charge >= 0.3 is 12.3 Å². The Bertz CT molecular complexity index is 1310. The van der Waals surface area contributed by atoms with Crippen molar-refractivity contribution in [2.45, 2.75) is 49.5 Å². The SMILES string of the molecule is C=C(O)CC[C@H]1CN(S(=O)(=O)c2ccc(F)c(F)c2)c2cc(NC(=O)OC(C)(C)C(F)(F)F)ccc2O1. The number of amides is 1. The van der Waals surface area contributed by atoms with E-state index in [1.807, 2.05) is 0 Å². The number of nitrogens with one attached hydrogen (secondary N) is 1. The number of carbonyl (C=O) groups excluding carboxylic acids is 1. The molecule has 8 nitrogen and oxygen atoms in total. The third-order valence-electron chi connectivity index (χ3n) is 5.40. The molecule has 0 aromatic heterocycles. The van der Waals surface area contributed by atoms with Crippen molar-refractivity contribution < 1.29 is 49.7 Å². The van der Waals surface area contributed by atoms with Gasteiger partial charge in [-0.2, -0.15) is 13.2 Å². The van der Waals surface area contributed by atoms with Crippen molar-refractivity contribution in [3.63, 3.8) is 0 Å². The molecule has 2 N–H and O–H groups in total. The standard InChI is InChI=1S/C23H23F5N2O6S/c1-13(31)4-6-15-12-30(37(33,34)16-7-8-17(24)18(25)11-16)19-10-14(5-9-20(19)35-15)29-21(32)36-22(2,3)23(26,27)28/h5,7-11,15,31H,1,4,6,12H2,2-3H3,(H,29,32)/t15-/m0/s1. The number of allylic oxidation sites excluding steroid dienone is 1. The number of hydrogen-bond acceptors (Lipinski definition) is 6. The molecule has 2 aromatic carbocycles. The Hall–Kier alpha value is -3.55. The molecule has 14 heteroatoms. The van der Waals surface area contributed by atoms with E-state index in [9.17, 15) is 40.3 Å². The summed E-state index contributed by atoms with van der Waals surface area (Å²) in [6.45, 7) is 4.36. The molecule has 37 heavy (non-hydrogen) atoms. The normalized spacial score (nSPS) is 16.0. The van der Waals surface area contributed by atoms with Crippen LogP contribution >= 0.6 is 0 Å². The third-order valence-corrected chi connectivity index (χ3v) is 7.18. The summed E-state index contributed by atoms with van der Waals surface area (Å²) >= 11 is 0. The molecule has 2 aromatic rings. The quantitative estimate of drug-likeness (QED) is 0.341. The zero-order chi connectivity index (χ0) is 27.8. The second kappa shape index (κ2) is 10.1. The van der Waals surface area contributed by atoms with E-state index < -0.39 is 50.5 Å². The van der Waals surface area contributed by atoms with Crippen LogP contribution in [0.1, 0.15) is 26.7 Å². The van der Waals surface area contributed by atoms with Crippen LogP contribution in [0.5, 0.6) is 5.75 Å². The van der Waals surface area contributed by atoms with Crippen LogP contribution in [-0.2, 0) is 14.8 Å². The fourth-order valence-corrected chi connectivity index (χ4v) is 4.80. The maximum atomic E-state index is 13.8. The molecule has 1 aliphatic rings. The van der Waals surface area contributed by atoms with Crippen molar-refractivity contribution >= 4 is 27.5 Å². The van der Waals surface area contributed by atoms with Crippen LogP contribution in [0.25, 0.3) is 0 Å². The van der Waals surface area contributed by atoms with Gasteiger partial charge in [0.15, 0.2) is 11.6 Å². The molecule has 1 heterocycles. The maximum absolute atomic E-state index is 13.8. The molecule has 0 saturated heterocycles. The number of benzene rings is 2. The minimum absolute atomic E-state index is 0.0144. The van der Waals surface area contributed by atoms with Gasteiger partial charge in [-0.1, -0.05) is 6.58 Å². The molecule has 0 spiro atoms. The predicted molar refractivity (Wildman–Crippen MR) is 123 cm³/mol. The van der Waals surface area contributed by atoms with Gasteiger partial charge in [-0.3, -0.25) is 9.62 Å². The maximum Gasteiger partial charge on any atom is 0.427 e. The molecule has 1 aliphatic heterocycles. The topological polar surface area (TPSA) is 105 Å². The zero-order valence-electron chi connectivity index (χ0n) is 19.6. The van der Waals surface area contributed by atoms with Crippen LogP contribution in [0.15, 0.2) is 53.6 Å². The summed E-state index contributed by atoms with van der Waals surface area (Å²) in [6, 6.07) is 5.65. The molecule has 0 aliphatic carbocycles. The number of alkyl halides is 3. The Morgan fingerprint density at radius 1 is 1.19 bits per heavy atom. The van der Waals surface area contributed by atoms with E-state index in [0.717, 1.165) is 16.4 Å². The lowest BCUT2D eigenvalue weighted by Gasteiger charge is -2.36. The van der Waals surface area contributed by atoms with Gasteiger partial charge in [-0.15, -0.1) is 0 Å². The van der Waals surface area contributed by atoms with Crippen molar-refractivity contribution in [3.8, 4) is 5.75 Å². The van der Waals surface area contributed by atoms with Crippen molar-refractivity contribution in [2.24, 2.45) is 0 Å². The van der Waals surface area contributed by atoms with Gasteiger partial charge in [0, 0.05) is 12.1 Å². The number of nitrogens with zero attached hydrogens (tertiary/aromatic N) is 1. The summed E-state index contributed by atoms with van der Waals surface area (Å²) in [5, 5.41) is 11.5. The van der Waals surface area contributed by atoms with Crippen LogP contribution in [0.3, 0.4) is 0 Å². The fraction of sp³-hybridized carbons (Fsp3) is 0.348. The summed E-state index contributed by atoms with van der Waals surface area (Å²) < 4.78 is 104. The third kappa shape index (κ3) is 6.24. The first-order valence-electron chi connectivity index (χ1n) is 10.7. The Balaban J connectivity index is 1.97. The number of anilines is 2. The summed E-state index contributed by atoms with van der Waals surface area (Å²) in [5.41, 5.74) is -3.06. The first-order chi connectivity index (χ1) is 17.0.